The Morgan fingerprint density at radius 2 is 2.05 bits per heavy atom. The molecule has 0 bridgehead atoms. The molecule has 0 spiro atoms. The molecule has 0 unspecified atom stereocenters. The van der Waals surface area contributed by atoms with Gasteiger partial charge in [0.1, 0.15) is 0 Å². The highest BCUT2D eigenvalue weighted by atomic mass is 19.2. The average molecular weight is 279 g/mol. The lowest BCUT2D eigenvalue weighted by Gasteiger charge is -2.11. The molecule has 3 nitrogen and oxygen atoms in total. The molecule has 2 aromatic rings. The summed E-state index contributed by atoms with van der Waals surface area (Å²) in [7, 11) is 0. The zero-order valence-corrected chi connectivity index (χ0v) is 11.7. The molecule has 0 aliphatic carbocycles. The number of hydrogen-bond donors (Lipinski definition) is 1. The third-order valence-electron chi connectivity index (χ3n) is 3.01. The van der Waals surface area contributed by atoms with Crippen LogP contribution < -0.4 is 5.32 Å². The van der Waals surface area contributed by atoms with E-state index in [1.807, 2.05) is 6.07 Å². The second-order valence-corrected chi connectivity index (χ2v) is 5.22. The van der Waals surface area contributed by atoms with Crippen LogP contribution >= 0.6 is 0 Å². The Hall–Kier alpha value is -1.75. The van der Waals surface area contributed by atoms with Crippen LogP contribution in [-0.4, -0.2) is 16.3 Å². The maximum absolute atomic E-state index is 13.7. The van der Waals surface area contributed by atoms with Gasteiger partial charge in [0.25, 0.3) is 0 Å². The lowest BCUT2D eigenvalue weighted by atomic mass is 10.2. The lowest BCUT2D eigenvalue weighted by molar-refractivity contribution is 0.486. The quantitative estimate of drug-likeness (QED) is 0.881. The molecule has 0 saturated carbocycles. The van der Waals surface area contributed by atoms with Gasteiger partial charge in [-0.3, -0.25) is 4.68 Å². The minimum Gasteiger partial charge on any atom is -0.311 e. The van der Waals surface area contributed by atoms with E-state index in [9.17, 15) is 8.78 Å². The highest BCUT2D eigenvalue weighted by Gasteiger charge is 2.10. The molecule has 1 aromatic heterocycles. The van der Waals surface area contributed by atoms with Crippen molar-refractivity contribution in [3.63, 3.8) is 0 Å². The first-order chi connectivity index (χ1) is 9.58. The van der Waals surface area contributed by atoms with Crippen molar-refractivity contribution in [3.05, 3.63) is 53.4 Å². The molecule has 0 aliphatic heterocycles. The standard InChI is InChI=1S/C15H19F2N3/c1-11(2)8-18-9-13-6-7-19-20(13)10-12-4-3-5-14(16)15(12)17/h3-7,11,18H,8-10H2,1-2H3. The fraction of sp³-hybridized carbons (Fsp3) is 0.400. The van der Waals surface area contributed by atoms with Crippen LogP contribution in [0.5, 0.6) is 0 Å². The second-order valence-electron chi connectivity index (χ2n) is 5.22. The lowest BCUT2D eigenvalue weighted by Crippen LogP contribution is -2.21. The number of nitrogens with zero attached hydrogens (tertiary/aromatic N) is 2. The molecule has 0 saturated heterocycles. The van der Waals surface area contributed by atoms with Gasteiger partial charge in [-0.2, -0.15) is 5.10 Å². The number of hydrogen-bond acceptors (Lipinski definition) is 2. The van der Waals surface area contributed by atoms with Gasteiger partial charge in [-0.25, -0.2) is 8.78 Å². The van der Waals surface area contributed by atoms with Crippen LogP contribution in [0.15, 0.2) is 30.5 Å². The molecule has 0 aliphatic rings. The molecule has 0 fully saturated rings. The van der Waals surface area contributed by atoms with Gasteiger partial charge in [-0.15, -0.1) is 0 Å². The summed E-state index contributed by atoms with van der Waals surface area (Å²) in [5.41, 5.74) is 1.26. The molecule has 1 aromatic carbocycles. The maximum atomic E-state index is 13.7. The summed E-state index contributed by atoms with van der Waals surface area (Å²) in [5, 5.41) is 7.48. The monoisotopic (exact) mass is 279 g/mol. The molecular formula is C15H19F2N3. The van der Waals surface area contributed by atoms with Gasteiger partial charge >= 0.3 is 0 Å². The zero-order valence-electron chi connectivity index (χ0n) is 11.7. The van der Waals surface area contributed by atoms with E-state index in [-0.39, 0.29) is 6.54 Å². The summed E-state index contributed by atoms with van der Waals surface area (Å²) >= 11 is 0. The molecule has 1 heterocycles. The summed E-state index contributed by atoms with van der Waals surface area (Å²) in [5.74, 6) is -1.06. The Morgan fingerprint density at radius 3 is 2.80 bits per heavy atom. The SMILES string of the molecule is CC(C)CNCc1ccnn1Cc1cccc(F)c1F. The van der Waals surface area contributed by atoms with Crippen molar-refractivity contribution in [2.24, 2.45) is 5.92 Å². The predicted molar refractivity (Wildman–Crippen MR) is 74.2 cm³/mol. The minimum atomic E-state index is -0.825. The van der Waals surface area contributed by atoms with Crippen molar-refractivity contribution in [1.29, 1.82) is 0 Å². The Bertz CT molecular complexity index is 564. The Kier molecular flexibility index (Phi) is 4.84. The fourth-order valence-corrected chi connectivity index (χ4v) is 1.97. The second kappa shape index (κ2) is 6.61. The third-order valence-corrected chi connectivity index (χ3v) is 3.01. The largest absolute Gasteiger partial charge is 0.311 e. The molecule has 5 heteroatoms. The van der Waals surface area contributed by atoms with Crippen LogP contribution in [0.1, 0.15) is 25.1 Å². The van der Waals surface area contributed by atoms with E-state index in [1.165, 1.54) is 6.07 Å². The zero-order chi connectivity index (χ0) is 14.5. The molecule has 0 radical (unpaired) electrons. The smallest absolute Gasteiger partial charge is 0.163 e. The van der Waals surface area contributed by atoms with Gasteiger partial charge < -0.3 is 5.32 Å². The van der Waals surface area contributed by atoms with Crippen molar-refractivity contribution in [2.75, 3.05) is 6.54 Å². The van der Waals surface area contributed by atoms with Crippen LogP contribution in [0.25, 0.3) is 0 Å². The molecular weight excluding hydrogens is 260 g/mol. The van der Waals surface area contributed by atoms with Gasteiger partial charge in [0.05, 0.1) is 12.2 Å². The van der Waals surface area contributed by atoms with E-state index in [1.54, 1.807) is 16.9 Å². The molecule has 108 valence electrons. The van der Waals surface area contributed by atoms with Crippen molar-refractivity contribution < 1.29 is 8.78 Å². The van der Waals surface area contributed by atoms with E-state index in [2.05, 4.69) is 24.3 Å². The topological polar surface area (TPSA) is 29.9 Å². The molecule has 0 amide bonds. The molecule has 20 heavy (non-hydrogen) atoms. The number of nitrogens with one attached hydrogen (secondary N) is 1. The summed E-state index contributed by atoms with van der Waals surface area (Å²) < 4.78 is 28.5. The number of rotatable bonds is 6. The van der Waals surface area contributed by atoms with Gasteiger partial charge in [0.15, 0.2) is 11.6 Å². The van der Waals surface area contributed by atoms with Crippen LogP contribution in [0, 0.1) is 17.6 Å². The number of halogens is 2. The highest BCUT2D eigenvalue weighted by Crippen LogP contribution is 2.13. The maximum Gasteiger partial charge on any atom is 0.163 e. The Labute approximate surface area is 117 Å². The van der Waals surface area contributed by atoms with Gasteiger partial charge in [0.2, 0.25) is 0 Å². The van der Waals surface area contributed by atoms with Crippen LogP contribution in [-0.2, 0) is 13.1 Å². The van der Waals surface area contributed by atoms with Gasteiger partial charge in [-0.05, 0) is 24.6 Å². The van der Waals surface area contributed by atoms with E-state index in [0.29, 0.717) is 18.0 Å². The van der Waals surface area contributed by atoms with Crippen molar-refractivity contribution in [1.82, 2.24) is 15.1 Å². The van der Waals surface area contributed by atoms with Crippen LogP contribution in [0.4, 0.5) is 8.78 Å². The van der Waals surface area contributed by atoms with Crippen LogP contribution in [0.2, 0.25) is 0 Å². The minimum absolute atomic E-state index is 0.231. The first-order valence-corrected chi connectivity index (χ1v) is 6.72. The summed E-state index contributed by atoms with van der Waals surface area (Å²) in [6.07, 6.45) is 1.67. The first kappa shape index (κ1) is 14.7. The van der Waals surface area contributed by atoms with Crippen molar-refractivity contribution in [3.8, 4) is 0 Å². The van der Waals surface area contributed by atoms with E-state index in [4.69, 9.17) is 0 Å². The third kappa shape index (κ3) is 3.63. The van der Waals surface area contributed by atoms with Crippen molar-refractivity contribution >= 4 is 0 Å². The Balaban J connectivity index is 2.06. The normalized spacial score (nSPS) is 11.2. The molecule has 0 atom stereocenters. The number of benzene rings is 1. The average Bonchev–Trinajstić information content (AvgIpc) is 2.82. The van der Waals surface area contributed by atoms with Crippen molar-refractivity contribution in [2.45, 2.75) is 26.9 Å². The fourth-order valence-electron chi connectivity index (χ4n) is 1.97. The highest BCUT2D eigenvalue weighted by molar-refractivity contribution is 5.19. The summed E-state index contributed by atoms with van der Waals surface area (Å²) in [6.45, 7) is 6.06. The van der Waals surface area contributed by atoms with Crippen LogP contribution in [0.3, 0.4) is 0 Å². The number of aromatic nitrogens is 2. The van der Waals surface area contributed by atoms with Gasteiger partial charge in [0, 0.05) is 18.3 Å². The van der Waals surface area contributed by atoms with Gasteiger partial charge in [-0.1, -0.05) is 26.0 Å². The molecule has 2 rings (SSSR count). The van der Waals surface area contributed by atoms with E-state index < -0.39 is 11.6 Å². The summed E-state index contributed by atoms with van der Waals surface area (Å²) in [4.78, 5) is 0. The predicted octanol–water partition coefficient (Wildman–Crippen LogP) is 2.96. The van der Waals surface area contributed by atoms with E-state index in [0.717, 1.165) is 18.3 Å². The summed E-state index contributed by atoms with van der Waals surface area (Å²) in [6, 6.07) is 6.08. The van der Waals surface area contributed by atoms with E-state index >= 15 is 0 Å². The first-order valence-electron chi connectivity index (χ1n) is 6.72. The molecule has 1 N–H and O–H groups in total. The Morgan fingerprint density at radius 1 is 1.25 bits per heavy atom.